The lowest BCUT2D eigenvalue weighted by molar-refractivity contribution is 0.102. The van der Waals surface area contributed by atoms with E-state index in [2.05, 4.69) is 32.4 Å². The summed E-state index contributed by atoms with van der Waals surface area (Å²) in [6.45, 7) is 5.97. The highest BCUT2D eigenvalue weighted by Gasteiger charge is 2.22. The number of aromatic nitrogens is 3. The predicted octanol–water partition coefficient (Wildman–Crippen LogP) is 3.80. The van der Waals surface area contributed by atoms with Gasteiger partial charge in [0.15, 0.2) is 0 Å². The molecule has 172 valence electrons. The standard InChI is InChI=1S/C25H24N6O3/c1-16-21(19-9-18(12-26)24(30-13-19)34-8-7-33-4)11-20(14-29-16)31-23(32)17-5-6-28-22(10-17)25(2,3)15-27/h5-6,9-11,13-14H,7-8H2,1-4H3,(H,31,32). The van der Waals surface area contributed by atoms with Crippen LogP contribution in [-0.4, -0.2) is 41.2 Å². The SMILES string of the molecule is COCCOc1ncc(-c2cc(NC(=O)c3ccnc(C(C)(C)C#N)c3)cnc2C)cc1C#N. The Bertz CT molecular complexity index is 1290. The number of rotatable bonds is 8. The van der Waals surface area contributed by atoms with E-state index in [1.807, 2.05) is 6.92 Å². The Morgan fingerprint density at radius 2 is 1.91 bits per heavy atom. The molecule has 9 heteroatoms. The number of pyridine rings is 3. The number of hydrogen-bond acceptors (Lipinski definition) is 8. The van der Waals surface area contributed by atoms with Gasteiger partial charge in [0.2, 0.25) is 5.88 Å². The number of carbonyl (C=O) groups excluding carboxylic acids is 1. The zero-order chi connectivity index (χ0) is 24.7. The summed E-state index contributed by atoms with van der Waals surface area (Å²) in [4.78, 5) is 25.7. The van der Waals surface area contributed by atoms with Crippen LogP contribution in [0, 0.1) is 29.6 Å². The second-order valence-electron chi connectivity index (χ2n) is 8.01. The molecule has 0 saturated heterocycles. The van der Waals surface area contributed by atoms with Crippen molar-refractivity contribution in [1.82, 2.24) is 15.0 Å². The quantitative estimate of drug-likeness (QED) is 0.506. The third-order valence-corrected chi connectivity index (χ3v) is 5.10. The van der Waals surface area contributed by atoms with Gasteiger partial charge in [0.1, 0.15) is 18.2 Å². The topological polar surface area (TPSA) is 134 Å². The number of anilines is 1. The lowest BCUT2D eigenvalue weighted by atomic mass is 9.90. The number of hydrogen-bond donors (Lipinski definition) is 1. The molecule has 34 heavy (non-hydrogen) atoms. The molecule has 0 spiro atoms. The molecule has 0 aliphatic heterocycles. The first-order chi connectivity index (χ1) is 16.3. The van der Waals surface area contributed by atoms with Crippen molar-refractivity contribution in [1.29, 1.82) is 10.5 Å². The molecule has 0 fully saturated rings. The molecule has 3 heterocycles. The summed E-state index contributed by atoms with van der Waals surface area (Å²) < 4.78 is 10.5. The van der Waals surface area contributed by atoms with Gasteiger partial charge in [-0.2, -0.15) is 10.5 Å². The van der Waals surface area contributed by atoms with Crippen LogP contribution in [0.4, 0.5) is 5.69 Å². The normalized spacial score (nSPS) is 10.8. The smallest absolute Gasteiger partial charge is 0.255 e. The van der Waals surface area contributed by atoms with Crippen molar-refractivity contribution in [3.63, 3.8) is 0 Å². The van der Waals surface area contributed by atoms with Gasteiger partial charge in [0, 0.05) is 41.9 Å². The first-order valence-electron chi connectivity index (χ1n) is 10.5. The third kappa shape index (κ3) is 5.52. The van der Waals surface area contributed by atoms with E-state index in [-0.39, 0.29) is 24.0 Å². The zero-order valence-electron chi connectivity index (χ0n) is 19.4. The van der Waals surface area contributed by atoms with Gasteiger partial charge >= 0.3 is 0 Å². The van der Waals surface area contributed by atoms with E-state index in [1.54, 1.807) is 57.6 Å². The minimum absolute atomic E-state index is 0.229. The Labute approximate surface area is 198 Å². The maximum absolute atomic E-state index is 12.9. The molecule has 3 aromatic heterocycles. The second kappa shape index (κ2) is 10.5. The van der Waals surface area contributed by atoms with Crippen molar-refractivity contribution in [2.75, 3.05) is 25.6 Å². The molecule has 0 aliphatic rings. The number of amides is 1. The van der Waals surface area contributed by atoms with Crippen molar-refractivity contribution in [3.05, 3.63) is 65.4 Å². The first kappa shape index (κ1) is 24.3. The van der Waals surface area contributed by atoms with Crippen molar-refractivity contribution >= 4 is 11.6 Å². The molecule has 0 radical (unpaired) electrons. The lowest BCUT2D eigenvalue weighted by Crippen LogP contribution is -2.18. The second-order valence-corrected chi connectivity index (χ2v) is 8.01. The van der Waals surface area contributed by atoms with Crippen LogP contribution in [0.15, 0.2) is 42.9 Å². The van der Waals surface area contributed by atoms with Gasteiger partial charge in [0.05, 0.1) is 35.7 Å². The summed E-state index contributed by atoms with van der Waals surface area (Å²) in [7, 11) is 1.56. The molecular weight excluding hydrogens is 432 g/mol. The van der Waals surface area contributed by atoms with Gasteiger partial charge in [0.25, 0.3) is 5.91 Å². The first-order valence-corrected chi connectivity index (χ1v) is 10.5. The van der Waals surface area contributed by atoms with E-state index in [0.29, 0.717) is 40.4 Å². The van der Waals surface area contributed by atoms with Crippen LogP contribution in [-0.2, 0) is 10.2 Å². The van der Waals surface area contributed by atoms with Crippen molar-refractivity contribution in [2.24, 2.45) is 0 Å². The lowest BCUT2D eigenvalue weighted by Gasteiger charge is -2.15. The Morgan fingerprint density at radius 3 is 2.62 bits per heavy atom. The van der Waals surface area contributed by atoms with Crippen LogP contribution in [0.1, 0.15) is 41.2 Å². The maximum Gasteiger partial charge on any atom is 0.255 e. The number of nitrogens with zero attached hydrogens (tertiary/aromatic N) is 5. The van der Waals surface area contributed by atoms with E-state index in [9.17, 15) is 15.3 Å². The average Bonchev–Trinajstić information content (AvgIpc) is 2.85. The minimum atomic E-state index is -0.820. The summed E-state index contributed by atoms with van der Waals surface area (Å²) >= 11 is 0. The monoisotopic (exact) mass is 456 g/mol. The molecule has 0 saturated carbocycles. The number of methoxy groups -OCH3 is 1. The molecule has 3 rings (SSSR count). The van der Waals surface area contributed by atoms with Crippen molar-refractivity contribution in [3.8, 4) is 29.1 Å². The predicted molar refractivity (Wildman–Crippen MR) is 125 cm³/mol. The van der Waals surface area contributed by atoms with Crippen molar-refractivity contribution < 1.29 is 14.3 Å². The van der Waals surface area contributed by atoms with E-state index < -0.39 is 5.41 Å². The van der Waals surface area contributed by atoms with E-state index in [0.717, 1.165) is 0 Å². The number of nitriles is 2. The van der Waals surface area contributed by atoms with E-state index in [1.165, 1.54) is 6.20 Å². The molecule has 3 aromatic rings. The Morgan fingerprint density at radius 1 is 1.12 bits per heavy atom. The average molecular weight is 457 g/mol. The maximum atomic E-state index is 12.9. The van der Waals surface area contributed by atoms with Crippen LogP contribution in [0.5, 0.6) is 5.88 Å². The molecule has 9 nitrogen and oxygen atoms in total. The van der Waals surface area contributed by atoms with Crippen LogP contribution in [0.2, 0.25) is 0 Å². The number of carbonyl (C=O) groups is 1. The van der Waals surface area contributed by atoms with E-state index in [4.69, 9.17) is 9.47 Å². The summed E-state index contributed by atoms with van der Waals surface area (Å²) in [5.74, 6) is -0.126. The minimum Gasteiger partial charge on any atom is -0.474 e. The molecule has 1 amide bonds. The fraction of sp³-hybridized carbons (Fsp3) is 0.280. The highest BCUT2D eigenvalue weighted by molar-refractivity contribution is 6.04. The van der Waals surface area contributed by atoms with Crippen LogP contribution in [0.3, 0.4) is 0 Å². The molecule has 0 aromatic carbocycles. The summed E-state index contributed by atoms with van der Waals surface area (Å²) in [6, 6.07) is 10.9. The fourth-order valence-corrected chi connectivity index (χ4v) is 3.08. The highest BCUT2D eigenvalue weighted by Crippen LogP contribution is 2.28. The van der Waals surface area contributed by atoms with E-state index >= 15 is 0 Å². The van der Waals surface area contributed by atoms with Gasteiger partial charge in [-0.05, 0) is 45.0 Å². The molecule has 0 unspecified atom stereocenters. The van der Waals surface area contributed by atoms with Crippen LogP contribution in [0.25, 0.3) is 11.1 Å². The summed E-state index contributed by atoms with van der Waals surface area (Å²) in [5.41, 5.74) is 2.91. The highest BCUT2D eigenvalue weighted by atomic mass is 16.5. The Kier molecular flexibility index (Phi) is 7.52. The van der Waals surface area contributed by atoms with Crippen LogP contribution >= 0.6 is 0 Å². The van der Waals surface area contributed by atoms with Gasteiger partial charge < -0.3 is 14.8 Å². The number of nitrogens with one attached hydrogen (secondary N) is 1. The van der Waals surface area contributed by atoms with Crippen LogP contribution < -0.4 is 10.1 Å². The largest absolute Gasteiger partial charge is 0.474 e. The fourth-order valence-electron chi connectivity index (χ4n) is 3.08. The molecule has 1 N–H and O–H groups in total. The number of ether oxygens (including phenoxy) is 2. The summed E-state index contributed by atoms with van der Waals surface area (Å²) in [5, 5.41) is 21.7. The summed E-state index contributed by atoms with van der Waals surface area (Å²) in [6.07, 6.45) is 4.66. The molecule has 0 atom stereocenters. The molecular formula is C25H24N6O3. The Hall–Kier alpha value is -4.34. The van der Waals surface area contributed by atoms with Gasteiger partial charge in [-0.15, -0.1) is 0 Å². The van der Waals surface area contributed by atoms with Crippen molar-refractivity contribution in [2.45, 2.75) is 26.2 Å². The Balaban J connectivity index is 1.86. The number of aryl methyl sites for hydroxylation is 1. The van der Waals surface area contributed by atoms with Gasteiger partial charge in [-0.1, -0.05) is 0 Å². The molecule has 0 aliphatic carbocycles. The van der Waals surface area contributed by atoms with Gasteiger partial charge in [-0.3, -0.25) is 14.8 Å². The van der Waals surface area contributed by atoms with Gasteiger partial charge in [-0.25, -0.2) is 4.98 Å². The zero-order valence-corrected chi connectivity index (χ0v) is 19.4. The third-order valence-electron chi connectivity index (χ3n) is 5.10. The molecule has 0 bridgehead atoms.